The third kappa shape index (κ3) is 10.7. The standard InChI is InChI=1S/C31H37ClN6O8S/c1-47-11-10-23(36-27(40)21(33)13-17-15-35-22-5-3-2-4-19(17)22)28(41)38-25(12-16-6-8-18(32)9-7-16)29(42)37-24(26(34)39)14-20(30(43)44)31(45)46/h2-9,15,20-21,23-25,35H,10-14,33H2,1H3,(H2,34,39)(H,36,40)(H,37,42)(H,38,41)(H,43,44)(H,45,46)/t21-,23+,24-,25-/m1/s1. The molecule has 1 heterocycles. The summed E-state index contributed by atoms with van der Waals surface area (Å²) >= 11 is 7.42. The lowest BCUT2D eigenvalue weighted by Gasteiger charge is -2.26. The number of nitrogens with two attached hydrogens (primary N) is 2. The fourth-order valence-corrected chi connectivity index (χ4v) is 5.41. The molecule has 252 valence electrons. The van der Waals surface area contributed by atoms with E-state index in [4.69, 9.17) is 23.1 Å². The van der Waals surface area contributed by atoms with Crippen LogP contribution in [0.2, 0.25) is 5.02 Å². The SMILES string of the molecule is CSCC[C@H](NC(=O)[C@H](N)Cc1c[nH]c2ccccc12)C(=O)N[C@H](Cc1ccc(Cl)cc1)C(=O)N[C@H](CC(C(=O)O)C(=O)O)C(N)=O. The van der Waals surface area contributed by atoms with Crippen LogP contribution in [0.15, 0.2) is 54.7 Å². The number of primary amides is 1. The molecule has 16 heteroatoms. The van der Waals surface area contributed by atoms with Crippen molar-refractivity contribution in [2.75, 3.05) is 12.0 Å². The topological polar surface area (TPSA) is 247 Å². The summed E-state index contributed by atoms with van der Waals surface area (Å²) in [7, 11) is 0. The summed E-state index contributed by atoms with van der Waals surface area (Å²) in [5.74, 6) is -8.41. The van der Waals surface area contributed by atoms with Gasteiger partial charge in [0, 0.05) is 35.0 Å². The van der Waals surface area contributed by atoms with Crippen molar-refractivity contribution >= 4 is 69.8 Å². The van der Waals surface area contributed by atoms with Crippen LogP contribution in [0.1, 0.15) is 24.0 Å². The van der Waals surface area contributed by atoms with Gasteiger partial charge in [0.05, 0.1) is 6.04 Å². The maximum atomic E-state index is 13.6. The van der Waals surface area contributed by atoms with Gasteiger partial charge in [-0.05, 0) is 54.2 Å². The zero-order chi connectivity index (χ0) is 34.7. The molecule has 14 nitrogen and oxygen atoms in total. The highest BCUT2D eigenvalue weighted by Gasteiger charge is 2.35. The molecular formula is C31H37ClN6O8S. The molecule has 10 N–H and O–H groups in total. The van der Waals surface area contributed by atoms with Crippen molar-refractivity contribution in [2.24, 2.45) is 17.4 Å². The van der Waals surface area contributed by atoms with Crippen molar-refractivity contribution in [3.63, 3.8) is 0 Å². The van der Waals surface area contributed by atoms with E-state index in [1.54, 1.807) is 30.5 Å². The van der Waals surface area contributed by atoms with Crippen molar-refractivity contribution in [3.8, 4) is 0 Å². The minimum absolute atomic E-state index is 0.106. The molecule has 0 saturated carbocycles. The predicted molar refractivity (Wildman–Crippen MR) is 176 cm³/mol. The number of benzene rings is 2. The lowest BCUT2D eigenvalue weighted by molar-refractivity contribution is -0.155. The Balaban J connectivity index is 1.80. The Morgan fingerprint density at radius 2 is 1.45 bits per heavy atom. The molecule has 0 bridgehead atoms. The number of rotatable bonds is 18. The molecule has 0 aliphatic rings. The molecule has 0 saturated heterocycles. The normalized spacial score (nSPS) is 13.7. The molecule has 4 atom stereocenters. The molecule has 0 fully saturated rings. The molecule has 3 aromatic rings. The first-order chi connectivity index (χ1) is 22.3. The Bertz CT molecular complexity index is 1590. The van der Waals surface area contributed by atoms with Gasteiger partial charge >= 0.3 is 11.9 Å². The number of para-hydroxylation sites is 1. The van der Waals surface area contributed by atoms with E-state index < -0.39 is 72.1 Å². The lowest BCUT2D eigenvalue weighted by Crippen LogP contribution is -2.58. The van der Waals surface area contributed by atoms with Gasteiger partial charge in [0.1, 0.15) is 18.1 Å². The molecule has 0 radical (unpaired) electrons. The monoisotopic (exact) mass is 688 g/mol. The second-order valence-electron chi connectivity index (χ2n) is 10.8. The molecular weight excluding hydrogens is 652 g/mol. The van der Waals surface area contributed by atoms with Crippen LogP contribution in [0, 0.1) is 5.92 Å². The van der Waals surface area contributed by atoms with Gasteiger partial charge < -0.3 is 42.6 Å². The maximum absolute atomic E-state index is 13.6. The first-order valence-corrected chi connectivity index (χ1v) is 16.3. The lowest BCUT2D eigenvalue weighted by atomic mass is 9.98. The molecule has 47 heavy (non-hydrogen) atoms. The van der Waals surface area contributed by atoms with E-state index in [2.05, 4.69) is 20.9 Å². The summed E-state index contributed by atoms with van der Waals surface area (Å²) in [6, 6.07) is 8.77. The van der Waals surface area contributed by atoms with Crippen molar-refractivity contribution in [2.45, 2.75) is 49.9 Å². The van der Waals surface area contributed by atoms with Crippen LogP contribution in [0.3, 0.4) is 0 Å². The molecule has 0 spiro atoms. The molecule has 3 rings (SSSR count). The summed E-state index contributed by atoms with van der Waals surface area (Å²) in [6.45, 7) is 0. The third-order valence-electron chi connectivity index (χ3n) is 7.41. The van der Waals surface area contributed by atoms with Crippen LogP contribution < -0.4 is 27.4 Å². The van der Waals surface area contributed by atoms with Gasteiger partial charge in [0.15, 0.2) is 5.92 Å². The number of nitrogens with one attached hydrogen (secondary N) is 4. The number of thioether (sulfide) groups is 1. The number of amides is 4. The van der Waals surface area contributed by atoms with Gasteiger partial charge in [-0.1, -0.05) is 41.9 Å². The van der Waals surface area contributed by atoms with Crippen LogP contribution in [-0.4, -0.2) is 86.9 Å². The zero-order valence-corrected chi connectivity index (χ0v) is 27.0. The van der Waals surface area contributed by atoms with Crippen molar-refractivity contribution < 1.29 is 39.0 Å². The fourth-order valence-electron chi connectivity index (χ4n) is 4.81. The summed E-state index contributed by atoms with van der Waals surface area (Å²) in [4.78, 5) is 78.3. The van der Waals surface area contributed by atoms with Gasteiger partial charge in [-0.25, -0.2) is 0 Å². The van der Waals surface area contributed by atoms with E-state index in [1.165, 1.54) is 11.8 Å². The summed E-state index contributed by atoms with van der Waals surface area (Å²) < 4.78 is 0. The van der Waals surface area contributed by atoms with Gasteiger partial charge in [-0.2, -0.15) is 11.8 Å². The van der Waals surface area contributed by atoms with Crippen LogP contribution in [0.25, 0.3) is 10.9 Å². The average Bonchev–Trinajstić information content (AvgIpc) is 3.43. The van der Waals surface area contributed by atoms with E-state index >= 15 is 0 Å². The smallest absolute Gasteiger partial charge is 0.317 e. The van der Waals surface area contributed by atoms with Crippen LogP contribution in [-0.2, 0) is 41.6 Å². The highest BCUT2D eigenvalue weighted by atomic mass is 35.5. The minimum atomic E-state index is -2.03. The number of hydrogen-bond donors (Lipinski definition) is 8. The van der Waals surface area contributed by atoms with E-state index in [1.807, 2.05) is 30.5 Å². The summed E-state index contributed by atoms with van der Waals surface area (Å²) in [5, 5.41) is 27.4. The number of aromatic nitrogens is 1. The quantitative estimate of drug-likeness (QED) is 0.0873. The zero-order valence-electron chi connectivity index (χ0n) is 25.4. The number of carboxylic acid groups (broad SMARTS) is 2. The number of carboxylic acids is 2. The first-order valence-electron chi connectivity index (χ1n) is 14.5. The van der Waals surface area contributed by atoms with Crippen LogP contribution in [0.5, 0.6) is 0 Å². The number of aromatic amines is 1. The maximum Gasteiger partial charge on any atom is 0.317 e. The molecule has 0 unspecified atom stereocenters. The number of aliphatic carboxylic acids is 2. The number of halogens is 1. The second kappa shape index (κ2) is 17.4. The van der Waals surface area contributed by atoms with Crippen LogP contribution in [0.4, 0.5) is 0 Å². The molecule has 0 aliphatic heterocycles. The third-order valence-corrected chi connectivity index (χ3v) is 8.30. The molecule has 0 aliphatic carbocycles. The van der Waals surface area contributed by atoms with Gasteiger partial charge in [-0.3, -0.25) is 28.8 Å². The largest absolute Gasteiger partial charge is 0.481 e. The molecule has 2 aromatic carbocycles. The number of carbonyl (C=O) groups excluding carboxylic acids is 4. The Labute approximate surface area is 279 Å². The summed E-state index contributed by atoms with van der Waals surface area (Å²) in [5.41, 5.74) is 13.9. The van der Waals surface area contributed by atoms with E-state index in [-0.39, 0.29) is 19.3 Å². The number of hydrogen-bond acceptors (Lipinski definition) is 8. The van der Waals surface area contributed by atoms with E-state index in [0.29, 0.717) is 16.3 Å². The molecule has 1 aromatic heterocycles. The van der Waals surface area contributed by atoms with Gasteiger partial charge in [0.25, 0.3) is 0 Å². The highest BCUT2D eigenvalue weighted by molar-refractivity contribution is 7.98. The number of fused-ring (bicyclic) bond motifs is 1. The average molecular weight is 689 g/mol. The predicted octanol–water partition coefficient (Wildman–Crippen LogP) is 0.802. The van der Waals surface area contributed by atoms with E-state index in [0.717, 1.165) is 16.5 Å². The van der Waals surface area contributed by atoms with Crippen molar-refractivity contribution in [1.29, 1.82) is 0 Å². The minimum Gasteiger partial charge on any atom is -0.481 e. The van der Waals surface area contributed by atoms with Gasteiger partial charge in [-0.15, -0.1) is 0 Å². The number of carbonyl (C=O) groups is 6. The Morgan fingerprint density at radius 1 is 0.851 bits per heavy atom. The highest BCUT2D eigenvalue weighted by Crippen LogP contribution is 2.19. The summed E-state index contributed by atoms with van der Waals surface area (Å²) in [6.07, 6.45) is 3.04. The Morgan fingerprint density at radius 3 is 2.06 bits per heavy atom. The van der Waals surface area contributed by atoms with Crippen molar-refractivity contribution in [3.05, 3.63) is 70.9 Å². The first kappa shape index (κ1) is 36.9. The Kier molecular flexibility index (Phi) is 13.6. The second-order valence-corrected chi connectivity index (χ2v) is 12.3. The fraction of sp³-hybridized carbons (Fsp3) is 0.355. The van der Waals surface area contributed by atoms with Crippen molar-refractivity contribution in [1.82, 2.24) is 20.9 Å². The van der Waals surface area contributed by atoms with Crippen LogP contribution >= 0.6 is 23.4 Å². The van der Waals surface area contributed by atoms with E-state index in [9.17, 15) is 39.0 Å². The van der Waals surface area contributed by atoms with Gasteiger partial charge in [0.2, 0.25) is 23.6 Å². The molecule has 4 amide bonds. The Hall–Kier alpha value is -4.60. The number of H-pyrrole nitrogens is 1.